The Morgan fingerprint density at radius 1 is 1.45 bits per heavy atom. The highest BCUT2D eigenvalue weighted by Gasteiger charge is 2.22. The lowest BCUT2D eigenvalue weighted by Crippen LogP contribution is -2.15. The zero-order valence-corrected chi connectivity index (χ0v) is 12.0. The zero-order valence-electron chi connectivity index (χ0n) is 11.2. The van der Waals surface area contributed by atoms with Crippen LogP contribution in [0.25, 0.3) is 11.3 Å². The zero-order chi connectivity index (χ0) is 13.9. The third-order valence-corrected chi connectivity index (χ3v) is 4.31. The molecule has 0 aliphatic carbocycles. The summed E-state index contributed by atoms with van der Waals surface area (Å²) in [5.74, 6) is 3.81. The van der Waals surface area contributed by atoms with Gasteiger partial charge in [-0.15, -0.1) is 0 Å². The molecule has 2 N–H and O–H groups in total. The summed E-state index contributed by atoms with van der Waals surface area (Å²) in [6, 6.07) is 7.39. The predicted octanol–water partition coefficient (Wildman–Crippen LogP) is 2.82. The molecule has 0 amide bonds. The van der Waals surface area contributed by atoms with E-state index in [4.69, 9.17) is 19.7 Å². The number of hydrogen-bond acceptors (Lipinski definition) is 6. The minimum absolute atomic E-state index is 0.208. The molecular weight excluding hydrogens is 276 g/mol. The van der Waals surface area contributed by atoms with Crippen LogP contribution in [0, 0.1) is 0 Å². The van der Waals surface area contributed by atoms with Gasteiger partial charge in [-0.25, -0.2) is 0 Å². The van der Waals surface area contributed by atoms with E-state index in [-0.39, 0.29) is 12.0 Å². The molecule has 1 aliphatic rings. The molecule has 20 heavy (non-hydrogen) atoms. The number of nitrogen functional groups attached to an aromatic ring is 1. The second kappa shape index (κ2) is 5.66. The van der Waals surface area contributed by atoms with Crippen molar-refractivity contribution < 1.29 is 14.0 Å². The Hall–Kier alpha value is -1.82. The number of hydrogen-bond donors (Lipinski definition) is 1. The van der Waals surface area contributed by atoms with E-state index in [1.807, 2.05) is 30.0 Å². The van der Waals surface area contributed by atoms with E-state index < -0.39 is 0 Å². The average Bonchev–Trinajstić information content (AvgIpc) is 3.11. The lowest BCUT2D eigenvalue weighted by Gasteiger charge is -2.17. The molecule has 1 aromatic carbocycles. The molecule has 1 saturated heterocycles. The van der Waals surface area contributed by atoms with Crippen LogP contribution in [0.15, 0.2) is 28.8 Å². The average molecular weight is 292 g/mol. The van der Waals surface area contributed by atoms with Gasteiger partial charge in [0.1, 0.15) is 11.8 Å². The van der Waals surface area contributed by atoms with Gasteiger partial charge in [-0.3, -0.25) is 0 Å². The van der Waals surface area contributed by atoms with E-state index in [0.717, 1.165) is 23.5 Å². The van der Waals surface area contributed by atoms with Gasteiger partial charge in [0.2, 0.25) is 5.88 Å². The highest BCUT2D eigenvalue weighted by molar-refractivity contribution is 7.99. The molecule has 1 fully saturated rings. The van der Waals surface area contributed by atoms with Crippen LogP contribution in [0.4, 0.5) is 5.88 Å². The molecule has 2 aromatic rings. The molecule has 106 valence electrons. The van der Waals surface area contributed by atoms with Gasteiger partial charge in [-0.05, 0) is 24.3 Å². The first-order valence-electron chi connectivity index (χ1n) is 6.42. The van der Waals surface area contributed by atoms with E-state index in [9.17, 15) is 0 Å². The van der Waals surface area contributed by atoms with Gasteiger partial charge in [-0.1, -0.05) is 11.2 Å². The Kier molecular flexibility index (Phi) is 3.73. The van der Waals surface area contributed by atoms with Crippen molar-refractivity contribution in [1.29, 1.82) is 0 Å². The third kappa shape index (κ3) is 2.56. The maximum Gasteiger partial charge on any atom is 0.222 e. The van der Waals surface area contributed by atoms with E-state index >= 15 is 0 Å². The lowest BCUT2D eigenvalue weighted by atomic mass is 10.1. The van der Waals surface area contributed by atoms with Gasteiger partial charge in [0, 0.05) is 17.4 Å². The Morgan fingerprint density at radius 3 is 3.00 bits per heavy atom. The van der Waals surface area contributed by atoms with Crippen LogP contribution in [0.5, 0.6) is 11.5 Å². The van der Waals surface area contributed by atoms with E-state index in [1.54, 1.807) is 13.2 Å². The molecule has 1 aromatic heterocycles. The fraction of sp³-hybridized carbons (Fsp3) is 0.357. The number of nitrogens with two attached hydrogens (primary N) is 1. The van der Waals surface area contributed by atoms with Gasteiger partial charge in [0.05, 0.1) is 7.11 Å². The summed E-state index contributed by atoms with van der Waals surface area (Å²) >= 11 is 1.90. The van der Waals surface area contributed by atoms with E-state index in [1.165, 1.54) is 0 Å². The SMILES string of the molecule is COc1cccc(-c2cc(N)on2)c1OC1CCSC1. The quantitative estimate of drug-likeness (QED) is 0.934. The summed E-state index contributed by atoms with van der Waals surface area (Å²) in [5, 5.41) is 3.96. The number of para-hydroxylation sites is 1. The number of nitrogens with zero attached hydrogens (tertiary/aromatic N) is 1. The van der Waals surface area contributed by atoms with E-state index in [2.05, 4.69) is 5.16 Å². The molecule has 2 heterocycles. The maximum atomic E-state index is 6.12. The Labute approximate surface area is 121 Å². The number of rotatable bonds is 4. The van der Waals surface area contributed by atoms with Gasteiger partial charge >= 0.3 is 0 Å². The van der Waals surface area contributed by atoms with Crippen molar-refractivity contribution in [3.63, 3.8) is 0 Å². The van der Waals surface area contributed by atoms with Crippen molar-refractivity contribution in [3.8, 4) is 22.8 Å². The minimum Gasteiger partial charge on any atom is -0.493 e. The van der Waals surface area contributed by atoms with Crippen LogP contribution in [-0.2, 0) is 0 Å². The molecule has 0 bridgehead atoms. The van der Waals surface area contributed by atoms with Crippen LogP contribution in [-0.4, -0.2) is 29.9 Å². The molecule has 5 nitrogen and oxygen atoms in total. The molecule has 0 spiro atoms. The number of anilines is 1. The summed E-state index contributed by atoms with van der Waals surface area (Å²) in [7, 11) is 1.63. The Morgan fingerprint density at radius 2 is 2.35 bits per heavy atom. The molecule has 6 heteroatoms. The summed E-state index contributed by atoms with van der Waals surface area (Å²) in [4.78, 5) is 0. The molecule has 1 unspecified atom stereocenters. The largest absolute Gasteiger partial charge is 0.493 e. The molecule has 1 atom stereocenters. The topological polar surface area (TPSA) is 70.5 Å². The normalized spacial score (nSPS) is 18.1. The van der Waals surface area contributed by atoms with Crippen LogP contribution in [0.3, 0.4) is 0 Å². The minimum atomic E-state index is 0.208. The number of methoxy groups -OCH3 is 1. The van der Waals surface area contributed by atoms with Crippen molar-refractivity contribution in [2.24, 2.45) is 0 Å². The van der Waals surface area contributed by atoms with Gasteiger partial charge < -0.3 is 19.7 Å². The molecular formula is C14H16N2O3S. The van der Waals surface area contributed by atoms with Crippen molar-refractivity contribution in [2.45, 2.75) is 12.5 Å². The van der Waals surface area contributed by atoms with Crippen LogP contribution in [0.2, 0.25) is 0 Å². The second-order valence-electron chi connectivity index (χ2n) is 4.55. The molecule has 3 rings (SSSR count). The van der Waals surface area contributed by atoms with E-state index in [0.29, 0.717) is 17.2 Å². The van der Waals surface area contributed by atoms with Crippen LogP contribution < -0.4 is 15.2 Å². The van der Waals surface area contributed by atoms with Gasteiger partial charge in [0.25, 0.3) is 0 Å². The first kappa shape index (κ1) is 13.2. The first-order valence-corrected chi connectivity index (χ1v) is 7.57. The standard InChI is InChI=1S/C14H16N2O3S/c1-17-12-4-2-3-10(11-7-13(15)19-16-11)14(12)18-9-5-6-20-8-9/h2-4,7,9H,5-6,8,15H2,1H3. The monoisotopic (exact) mass is 292 g/mol. The van der Waals surface area contributed by atoms with Crippen molar-refractivity contribution in [3.05, 3.63) is 24.3 Å². The summed E-state index contributed by atoms with van der Waals surface area (Å²) in [5.41, 5.74) is 7.09. The van der Waals surface area contributed by atoms with Crippen LogP contribution in [0.1, 0.15) is 6.42 Å². The number of ether oxygens (including phenoxy) is 2. The third-order valence-electron chi connectivity index (χ3n) is 3.18. The fourth-order valence-electron chi connectivity index (χ4n) is 2.19. The van der Waals surface area contributed by atoms with Crippen molar-refractivity contribution in [2.75, 3.05) is 24.3 Å². The molecule has 0 saturated carbocycles. The fourth-order valence-corrected chi connectivity index (χ4v) is 3.28. The number of benzene rings is 1. The second-order valence-corrected chi connectivity index (χ2v) is 5.70. The highest BCUT2D eigenvalue weighted by Crippen LogP contribution is 2.39. The summed E-state index contributed by atoms with van der Waals surface area (Å²) in [6.45, 7) is 0. The number of thioether (sulfide) groups is 1. The summed E-state index contributed by atoms with van der Waals surface area (Å²) < 4.78 is 16.5. The van der Waals surface area contributed by atoms with Crippen molar-refractivity contribution >= 4 is 17.6 Å². The first-order chi connectivity index (χ1) is 9.78. The molecule has 1 aliphatic heterocycles. The van der Waals surface area contributed by atoms with Crippen molar-refractivity contribution in [1.82, 2.24) is 5.16 Å². The van der Waals surface area contributed by atoms with Gasteiger partial charge in [-0.2, -0.15) is 11.8 Å². The maximum absolute atomic E-state index is 6.12. The lowest BCUT2D eigenvalue weighted by molar-refractivity contribution is 0.219. The van der Waals surface area contributed by atoms with Crippen LogP contribution >= 0.6 is 11.8 Å². The highest BCUT2D eigenvalue weighted by atomic mass is 32.2. The summed E-state index contributed by atoms with van der Waals surface area (Å²) in [6.07, 6.45) is 1.25. The van der Waals surface area contributed by atoms with Gasteiger partial charge in [0.15, 0.2) is 11.5 Å². The number of aromatic nitrogens is 1. The Bertz CT molecular complexity index is 594. The predicted molar refractivity (Wildman–Crippen MR) is 79.3 cm³/mol. The smallest absolute Gasteiger partial charge is 0.222 e. The Balaban J connectivity index is 1.99. The molecule has 0 radical (unpaired) electrons.